The molecule has 0 aromatic heterocycles. The summed E-state index contributed by atoms with van der Waals surface area (Å²) in [5.74, 6) is 0.0763. The summed E-state index contributed by atoms with van der Waals surface area (Å²) in [5.41, 5.74) is 0.356. The van der Waals surface area contributed by atoms with Crippen LogP contribution in [-0.2, 0) is 14.8 Å². The standard InChI is InChI=1S/C17H24N2O3S/c1-14(2)23(21,22)18-11-6-9-17(13-18)10-12-19(16(17)20)15-7-4-3-5-8-15/h3-5,7-8,14H,6,9-13H2,1-2H3. The molecule has 0 aliphatic carbocycles. The number of amides is 1. The van der Waals surface area contributed by atoms with Gasteiger partial charge in [0.15, 0.2) is 0 Å². The third-order valence-electron chi connectivity index (χ3n) is 5.08. The second-order valence-electron chi connectivity index (χ2n) is 6.85. The summed E-state index contributed by atoms with van der Waals surface area (Å²) in [6.07, 6.45) is 2.25. The van der Waals surface area contributed by atoms with Crippen LogP contribution < -0.4 is 4.90 Å². The first-order valence-electron chi connectivity index (χ1n) is 8.23. The number of anilines is 1. The van der Waals surface area contributed by atoms with Crippen LogP contribution >= 0.6 is 0 Å². The number of carbonyl (C=O) groups excluding carboxylic acids is 1. The number of piperidine rings is 1. The number of carbonyl (C=O) groups is 1. The summed E-state index contributed by atoms with van der Waals surface area (Å²) in [6.45, 7) is 4.92. The van der Waals surface area contributed by atoms with Crippen LogP contribution in [0.5, 0.6) is 0 Å². The van der Waals surface area contributed by atoms with Crippen molar-refractivity contribution in [3.05, 3.63) is 30.3 Å². The van der Waals surface area contributed by atoms with Crippen molar-refractivity contribution in [2.75, 3.05) is 24.5 Å². The number of nitrogens with zero attached hydrogens (tertiary/aromatic N) is 2. The lowest BCUT2D eigenvalue weighted by Crippen LogP contribution is -2.51. The van der Waals surface area contributed by atoms with Crippen molar-refractivity contribution in [1.29, 1.82) is 0 Å². The lowest BCUT2D eigenvalue weighted by atomic mass is 9.79. The minimum absolute atomic E-state index is 0.0763. The molecule has 0 bridgehead atoms. The predicted molar refractivity (Wildman–Crippen MR) is 90.7 cm³/mol. The molecule has 126 valence electrons. The van der Waals surface area contributed by atoms with Gasteiger partial charge in [-0.05, 0) is 45.2 Å². The van der Waals surface area contributed by atoms with Gasteiger partial charge in [0, 0.05) is 25.3 Å². The Kier molecular flexibility index (Phi) is 4.23. The van der Waals surface area contributed by atoms with Crippen molar-refractivity contribution >= 4 is 21.6 Å². The van der Waals surface area contributed by atoms with Gasteiger partial charge in [0.05, 0.1) is 10.7 Å². The number of hydrogen-bond donors (Lipinski definition) is 0. The first-order chi connectivity index (χ1) is 10.9. The lowest BCUT2D eigenvalue weighted by Gasteiger charge is -2.39. The average Bonchev–Trinajstić information content (AvgIpc) is 2.85. The van der Waals surface area contributed by atoms with E-state index < -0.39 is 20.7 Å². The van der Waals surface area contributed by atoms with E-state index in [1.54, 1.807) is 13.8 Å². The van der Waals surface area contributed by atoms with Gasteiger partial charge in [-0.25, -0.2) is 12.7 Å². The zero-order valence-corrected chi connectivity index (χ0v) is 14.6. The van der Waals surface area contributed by atoms with E-state index >= 15 is 0 Å². The van der Waals surface area contributed by atoms with E-state index in [4.69, 9.17) is 0 Å². The molecule has 1 atom stereocenters. The number of benzene rings is 1. The van der Waals surface area contributed by atoms with Crippen LogP contribution in [0.4, 0.5) is 5.69 Å². The highest BCUT2D eigenvalue weighted by Gasteiger charge is 2.51. The summed E-state index contributed by atoms with van der Waals surface area (Å²) in [6, 6.07) is 9.64. The first-order valence-corrected chi connectivity index (χ1v) is 9.73. The largest absolute Gasteiger partial charge is 0.312 e. The summed E-state index contributed by atoms with van der Waals surface area (Å²) in [7, 11) is -3.31. The average molecular weight is 336 g/mol. The van der Waals surface area contributed by atoms with Crippen LogP contribution in [0.3, 0.4) is 0 Å². The van der Waals surface area contributed by atoms with Crippen LogP contribution in [-0.4, -0.2) is 43.5 Å². The van der Waals surface area contributed by atoms with E-state index in [2.05, 4.69) is 0 Å². The molecule has 0 N–H and O–H groups in total. The highest BCUT2D eigenvalue weighted by molar-refractivity contribution is 7.89. The molecule has 23 heavy (non-hydrogen) atoms. The van der Waals surface area contributed by atoms with E-state index in [1.165, 1.54) is 4.31 Å². The molecule has 1 spiro atoms. The van der Waals surface area contributed by atoms with Gasteiger partial charge in [0.1, 0.15) is 0 Å². The van der Waals surface area contributed by atoms with E-state index in [0.717, 1.165) is 24.9 Å². The van der Waals surface area contributed by atoms with Crippen molar-refractivity contribution in [3.8, 4) is 0 Å². The molecule has 1 aromatic carbocycles. The third kappa shape index (κ3) is 2.78. The fourth-order valence-corrected chi connectivity index (χ4v) is 5.07. The summed E-state index contributed by atoms with van der Waals surface area (Å²) in [5, 5.41) is -0.445. The molecule has 2 fully saturated rings. The highest BCUT2D eigenvalue weighted by atomic mass is 32.2. The maximum Gasteiger partial charge on any atom is 0.234 e. The Bertz CT molecular complexity index is 687. The van der Waals surface area contributed by atoms with Crippen LogP contribution in [0.1, 0.15) is 33.1 Å². The van der Waals surface area contributed by atoms with Crippen molar-refractivity contribution in [2.24, 2.45) is 5.41 Å². The Labute approximate surface area is 138 Å². The topological polar surface area (TPSA) is 57.7 Å². The monoisotopic (exact) mass is 336 g/mol. The molecule has 1 unspecified atom stereocenters. The molecule has 2 saturated heterocycles. The molecule has 0 radical (unpaired) electrons. The number of hydrogen-bond acceptors (Lipinski definition) is 3. The molecule has 3 rings (SSSR count). The second kappa shape index (κ2) is 5.91. The predicted octanol–water partition coefficient (Wildman–Crippen LogP) is 2.24. The Hall–Kier alpha value is -1.40. The van der Waals surface area contributed by atoms with Crippen molar-refractivity contribution in [2.45, 2.75) is 38.4 Å². The zero-order valence-electron chi connectivity index (χ0n) is 13.7. The maximum absolute atomic E-state index is 13.0. The summed E-state index contributed by atoms with van der Waals surface area (Å²) >= 11 is 0. The third-order valence-corrected chi connectivity index (χ3v) is 7.30. The molecule has 2 aliphatic heterocycles. The SMILES string of the molecule is CC(C)S(=O)(=O)N1CCCC2(CCN(c3ccccc3)C2=O)C1. The van der Waals surface area contributed by atoms with Gasteiger partial charge in [-0.3, -0.25) is 4.79 Å². The zero-order chi connectivity index (χ0) is 16.7. The van der Waals surface area contributed by atoms with E-state index in [0.29, 0.717) is 19.6 Å². The van der Waals surface area contributed by atoms with Gasteiger partial charge in [0.2, 0.25) is 15.9 Å². The molecular formula is C17H24N2O3S. The van der Waals surface area contributed by atoms with Gasteiger partial charge in [-0.1, -0.05) is 18.2 Å². The van der Waals surface area contributed by atoms with Gasteiger partial charge in [-0.2, -0.15) is 0 Å². The van der Waals surface area contributed by atoms with E-state index in [9.17, 15) is 13.2 Å². The molecule has 2 heterocycles. The van der Waals surface area contributed by atoms with Gasteiger partial charge in [-0.15, -0.1) is 0 Å². The molecule has 1 amide bonds. The van der Waals surface area contributed by atoms with Gasteiger partial charge in [0.25, 0.3) is 0 Å². The molecular weight excluding hydrogens is 312 g/mol. The van der Waals surface area contributed by atoms with Gasteiger partial charge >= 0.3 is 0 Å². The Balaban J connectivity index is 1.84. The molecule has 1 aromatic rings. The number of para-hydroxylation sites is 1. The Morgan fingerprint density at radius 1 is 1.09 bits per heavy atom. The summed E-state index contributed by atoms with van der Waals surface area (Å²) < 4.78 is 26.5. The minimum Gasteiger partial charge on any atom is -0.312 e. The van der Waals surface area contributed by atoms with Crippen molar-refractivity contribution in [3.63, 3.8) is 0 Å². The maximum atomic E-state index is 13.0. The summed E-state index contributed by atoms with van der Waals surface area (Å²) in [4.78, 5) is 14.8. The van der Waals surface area contributed by atoms with Crippen LogP contribution in [0.15, 0.2) is 30.3 Å². The smallest absolute Gasteiger partial charge is 0.234 e. The molecule has 5 nitrogen and oxygen atoms in total. The van der Waals surface area contributed by atoms with Crippen molar-refractivity contribution in [1.82, 2.24) is 4.31 Å². The minimum atomic E-state index is -3.31. The number of rotatable bonds is 3. The molecule has 2 aliphatic rings. The van der Waals surface area contributed by atoms with Crippen LogP contribution in [0.25, 0.3) is 0 Å². The Morgan fingerprint density at radius 2 is 1.78 bits per heavy atom. The highest BCUT2D eigenvalue weighted by Crippen LogP contribution is 2.42. The molecule has 0 saturated carbocycles. The van der Waals surface area contributed by atoms with Gasteiger partial charge < -0.3 is 4.90 Å². The first kappa shape index (κ1) is 16.5. The van der Waals surface area contributed by atoms with Crippen molar-refractivity contribution < 1.29 is 13.2 Å². The van der Waals surface area contributed by atoms with E-state index in [-0.39, 0.29) is 5.91 Å². The fourth-order valence-electron chi connectivity index (χ4n) is 3.66. The second-order valence-corrected chi connectivity index (χ2v) is 9.34. The Morgan fingerprint density at radius 3 is 2.43 bits per heavy atom. The normalized spacial score (nSPS) is 26.4. The number of sulfonamides is 1. The van der Waals surface area contributed by atoms with Crippen LogP contribution in [0, 0.1) is 5.41 Å². The quantitative estimate of drug-likeness (QED) is 0.850. The van der Waals surface area contributed by atoms with Crippen LogP contribution in [0.2, 0.25) is 0 Å². The lowest BCUT2D eigenvalue weighted by molar-refractivity contribution is -0.127. The van der Waals surface area contributed by atoms with E-state index in [1.807, 2.05) is 35.2 Å². The molecule has 6 heteroatoms. The fraction of sp³-hybridized carbons (Fsp3) is 0.588.